The zero-order valence-corrected chi connectivity index (χ0v) is 15.2. The Balaban J connectivity index is 2.07. The molecule has 0 amide bonds. The summed E-state index contributed by atoms with van der Waals surface area (Å²) in [6.07, 6.45) is 3.08. The molecule has 7 heteroatoms. The van der Waals surface area contributed by atoms with Gasteiger partial charge in [-0.25, -0.2) is 4.79 Å². The number of nitrogens with zero attached hydrogens (tertiary/aromatic N) is 2. The summed E-state index contributed by atoms with van der Waals surface area (Å²) in [5.74, 6) is -0.359. The van der Waals surface area contributed by atoms with Crippen molar-refractivity contribution in [2.45, 2.75) is 18.8 Å². The number of hydrogen-bond donors (Lipinski definition) is 1. The van der Waals surface area contributed by atoms with Crippen molar-refractivity contribution < 1.29 is 4.79 Å². The van der Waals surface area contributed by atoms with E-state index < -0.39 is 17.5 Å². The zero-order valence-electron chi connectivity index (χ0n) is 14.5. The van der Waals surface area contributed by atoms with Gasteiger partial charge in [-0.3, -0.25) is 18.7 Å². The van der Waals surface area contributed by atoms with E-state index in [1.54, 1.807) is 19.2 Å². The molecule has 26 heavy (non-hydrogen) atoms. The number of hydrogen-bond acceptors (Lipinski definition) is 4. The Labute approximate surface area is 154 Å². The van der Waals surface area contributed by atoms with Gasteiger partial charge in [-0.2, -0.15) is 0 Å². The molecule has 2 aliphatic rings. The lowest BCUT2D eigenvalue weighted by atomic mass is 9.72. The number of benzene rings is 1. The lowest BCUT2D eigenvalue weighted by molar-refractivity contribution is -0.122. The zero-order chi connectivity index (χ0) is 18.6. The molecule has 2 aromatic rings. The summed E-state index contributed by atoms with van der Waals surface area (Å²) in [5.41, 5.74) is 1.25. The first kappa shape index (κ1) is 16.8. The summed E-state index contributed by atoms with van der Waals surface area (Å²) in [6.45, 7) is 0. The van der Waals surface area contributed by atoms with Crippen LogP contribution in [0.4, 0.5) is 5.82 Å². The molecule has 6 nitrogen and oxygen atoms in total. The molecule has 0 bridgehead atoms. The second-order valence-corrected chi connectivity index (χ2v) is 7.20. The average Bonchev–Trinajstić information content (AvgIpc) is 2.64. The Hall–Kier alpha value is -2.60. The summed E-state index contributed by atoms with van der Waals surface area (Å²) in [6, 6.07) is 7.18. The molecule has 1 N–H and O–H groups in total. The van der Waals surface area contributed by atoms with Crippen LogP contribution in [0.3, 0.4) is 0 Å². The van der Waals surface area contributed by atoms with E-state index in [0.29, 0.717) is 29.2 Å². The predicted octanol–water partition coefficient (Wildman–Crippen LogP) is 2.16. The number of ketones is 1. The summed E-state index contributed by atoms with van der Waals surface area (Å²) < 4.78 is 2.52. The monoisotopic (exact) mass is 371 g/mol. The quantitative estimate of drug-likeness (QED) is 0.833. The lowest BCUT2D eigenvalue weighted by Gasteiger charge is -2.38. The molecule has 0 radical (unpaired) electrons. The van der Waals surface area contributed by atoms with Crippen molar-refractivity contribution in [3.05, 3.63) is 73.0 Å². The van der Waals surface area contributed by atoms with Gasteiger partial charge in [-0.1, -0.05) is 29.8 Å². The van der Waals surface area contributed by atoms with Crippen molar-refractivity contribution in [1.29, 1.82) is 0 Å². The van der Waals surface area contributed by atoms with Gasteiger partial charge in [0.15, 0.2) is 0 Å². The number of carbonyl (C=O) groups excluding carboxylic acids is 1. The maximum Gasteiger partial charge on any atom is 0.332 e. The molecule has 0 fully saturated rings. The van der Waals surface area contributed by atoms with E-state index >= 15 is 0 Å². The van der Waals surface area contributed by atoms with Crippen molar-refractivity contribution in [2.24, 2.45) is 20.0 Å². The molecule has 4 rings (SSSR count). The highest BCUT2D eigenvalue weighted by Gasteiger charge is 2.42. The number of Topliss-reactive ketones (excluding diaryl/α,β-unsaturated/α-hetero) is 1. The second-order valence-electron chi connectivity index (χ2n) is 6.76. The van der Waals surface area contributed by atoms with Crippen LogP contribution in [0.2, 0.25) is 5.02 Å². The number of anilines is 1. The number of halogens is 1. The van der Waals surface area contributed by atoms with Gasteiger partial charge in [-0.15, -0.1) is 0 Å². The van der Waals surface area contributed by atoms with Gasteiger partial charge in [-0.05, 0) is 24.1 Å². The number of fused-ring (bicyclic) bond motifs is 2. The van der Waals surface area contributed by atoms with E-state index in [1.165, 1.54) is 11.6 Å². The minimum atomic E-state index is -0.456. The van der Waals surface area contributed by atoms with Gasteiger partial charge in [0.25, 0.3) is 5.56 Å². The second kappa shape index (κ2) is 5.99. The highest BCUT2D eigenvalue weighted by Crippen LogP contribution is 2.44. The molecule has 0 unspecified atom stereocenters. The van der Waals surface area contributed by atoms with E-state index in [2.05, 4.69) is 5.32 Å². The van der Waals surface area contributed by atoms with Crippen molar-refractivity contribution in [3.8, 4) is 0 Å². The van der Waals surface area contributed by atoms with Gasteiger partial charge in [0.05, 0.1) is 11.5 Å². The fourth-order valence-electron chi connectivity index (χ4n) is 3.95. The first-order valence-corrected chi connectivity index (χ1v) is 8.83. The molecule has 1 aliphatic carbocycles. The average molecular weight is 372 g/mol. The van der Waals surface area contributed by atoms with Crippen LogP contribution in [-0.4, -0.2) is 14.9 Å². The van der Waals surface area contributed by atoms with Crippen LogP contribution < -0.4 is 16.6 Å². The third-order valence-electron chi connectivity index (χ3n) is 5.27. The van der Waals surface area contributed by atoms with Crippen molar-refractivity contribution in [1.82, 2.24) is 9.13 Å². The molecule has 134 valence electrons. The minimum absolute atomic E-state index is 0.0940. The minimum Gasteiger partial charge on any atom is -0.344 e. The normalized spacial score (nSPS) is 21.5. The first-order valence-electron chi connectivity index (χ1n) is 8.45. The predicted molar refractivity (Wildman–Crippen MR) is 99.7 cm³/mol. The van der Waals surface area contributed by atoms with E-state index in [9.17, 15) is 14.4 Å². The molecule has 2 atom stereocenters. The molecule has 1 aromatic carbocycles. The van der Waals surface area contributed by atoms with Crippen molar-refractivity contribution >= 4 is 23.2 Å². The van der Waals surface area contributed by atoms with Crippen LogP contribution in [-0.2, 0) is 18.9 Å². The summed E-state index contributed by atoms with van der Waals surface area (Å²) in [4.78, 5) is 38.1. The van der Waals surface area contributed by atoms with E-state index in [4.69, 9.17) is 11.6 Å². The van der Waals surface area contributed by atoms with E-state index in [-0.39, 0.29) is 11.3 Å². The number of nitrogens with one attached hydrogen (secondary N) is 1. The highest BCUT2D eigenvalue weighted by atomic mass is 35.5. The molecule has 2 heterocycles. The van der Waals surface area contributed by atoms with Crippen LogP contribution >= 0.6 is 11.6 Å². The molecule has 1 aromatic heterocycles. The third kappa shape index (κ3) is 2.36. The summed E-state index contributed by atoms with van der Waals surface area (Å²) in [5, 5.41) is 3.77. The van der Waals surface area contributed by atoms with E-state index in [1.807, 2.05) is 18.2 Å². The third-order valence-corrected chi connectivity index (χ3v) is 5.52. The highest BCUT2D eigenvalue weighted by molar-refractivity contribution is 6.30. The molecule has 0 saturated heterocycles. The Bertz CT molecular complexity index is 1060. The van der Waals surface area contributed by atoms with Crippen LogP contribution in [0.25, 0.3) is 0 Å². The molecule has 1 aliphatic heterocycles. The van der Waals surface area contributed by atoms with Gasteiger partial charge in [0.1, 0.15) is 11.6 Å². The summed E-state index contributed by atoms with van der Waals surface area (Å²) in [7, 11) is 3.08. The SMILES string of the molecule is Cn1c2c(c(=O)n(C)c1=O)[C@H](c1ccc(Cl)cc1)[C@H]1C(=O)CCC=C1N2. The maximum absolute atomic E-state index is 13.0. The Kier molecular flexibility index (Phi) is 3.88. The van der Waals surface area contributed by atoms with Crippen LogP contribution in [0, 0.1) is 5.92 Å². The van der Waals surface area contributed by atoms with Gasteiger partial charge >= 0.3 is 5.69 Å². The molecular formula is C19H18ClN3O3. The van der Waals surface area contributed by atoms with Crippen molar-refractivity contribution in [3.63, 3.8) is 0 Å². The van der Waals surface area contributed by atoms with Crippen LogP contribution in [0.5, 0.6) is 0 Å². The lowest BCUT2D eigenvalue weighted by Crippen LogP contribution is -2.46. The summed E-state index contributed by atoms with van der Waals surface area (Å²) >= 11 is 6.02. The maximum atomic E-state index is 13.0. The Morgan fingerprint density at radius 2 is 1.73 bits per heavy atom. The Morgan fingerprint density at radius 3 is 2.42 bits per heavy atom. The van der Waals surface area contributed by atoms with Crippen LogP contribution in [0.1, 0.15) is 29.9 Å². The van der Waals surface area contributed by atoms with Gasteiger partial charge in [0, 0.05) is 37.2 Å². The number of rotatable bonds is 1. The first-order chi connectivity index (χ1) is 12.4. The fraction of sp³-hybridized carbons (Fsp3) is 0.316. The standard InChI is InChI=1S/C19H18ClN3O3/c1-22-17-16(18(25)23(2)19(22)26)14(10-6-8-11(20)9-7-10)15-12(21-17)4-3-5-13(15)24/h4,6-9,14-15,21H,3,5H2,1-2H3/t14-,15-/m1/s1. The number of allylic oxidation sites excluding steroid dienone is 2. The topological polar surface area (TPSA) is 73.1 Å². The largest absolute Gasteiger partial charge is 0.344 e. The van der Waals surface area contributed by atoms with E-state index in [0.717, 1.165) is 15.8 Å². The fourth-order valence-corrected chi connectivity index (χ4v) is 4.08. The van der Waals surface area contributed by atoms with Gasteiger partial charge < -0.3 is 5.32 Å². The van der Waals surface area contributed by atoms with Crippen LogP contribution in [0.15, 0.2) is 45.6 Å². The molecular weight excluding hydrogens is 354 g/mol. The Morgan fingerprint density at radius 1 is 1.04 bits per heavy atom. The van der Waals surface area contributed by atoms with Crippen molar-refractivity contribution in [2.75, 3.05) is 5.32 Å². The number of carbonyl (C=O) groups is 1. The smallest absolute Gasteiger partial charge is 0.332 e. The molecule has 0 spiro atoms. The number of aromatic nitrogens is 2. The van der Waals surface area contributed by atoms with Gasteiger partial charge in [0.2, 0.25) is 0 Å². The molecule has 0 saturated carbocycles.